The van der Waals surface area contributed by atoms with Gasteiger partial charge < -0.3 is 9.84 Å². The molecule has 0 amide bonds. The Morgan fingerprint density at radius 3 is 3.12 bits per heavy atom. The number of rotatable bonds is 5. The first-order valence-corrected chi connectivity index (χ1v) is 6.09. The standard InChI is InChI=1S/C11H20N4O/c1-2-15(8-11-13-9-14-16-11)7-10-5-3-4-6-12-10/h9-10,12H,2-8H2,1H3. The largest absolute Gasteiger partial charge is 0.338 e. The molecule has 1 saturated heterocycles. The predicted octanol–water partition coefficient (Wildman–Crippen LogP) is 1.03. The number of hydrogen-bond acceptors (Lipinski definition) is 5. The zero-order valence-electron chi connectivity index (χ0n) is 9.85. The third-order valence-electron chi connectivity index (χ3n) is 3.10. The lowest BCUT2D eigenvalue weighted by Gasteiger charge is -2.29. The van der Waals surface area contributed by atoms with Crippen LogP contribution in [0.4, 0.5) is 0 Å². The highest BCUT2D eigenvalue weighted by Crippen LogP contribution is 2.09. The Morgan fingerprint density at radius 2 is 2.50 bits per heavy atom. The average Bonchev–Trinajstić information content (AvgIpc) is 2.82. The van der Waals surface area contributed by atoms with Gasteiger partial charge in [0.2, 0.25) is 5.89 Å². The zero-order valence-corrected chi connectivity index (χ0v) is 9.85. The Hall–Kier alpha value is -0.940. The van der Waals surface area contributed by atoms with Gasteiger partial charge in [-0.25, -0.2) is 0 Å². The number of hydrogen-bond donors (Lipinski definition) is 1. The average molecular weight is 224 g/mol. The van der Waals surface area contributed by atoms with Gasteiger partial charge in [0.05, 0.1) is 6.54 Å². The maximum absolute atomic E-state index is 5.03. The van der Waals surface area contributed by atoms with Crippen molar-refractivity contribution >= 4 is 0 Å². The van der Waals surface area contributed by atoms with E-state index in [0.29, 0.717) is 11.9 Å². The summed E-state index contributed by atoms with van der Waals surface area (Å²) in [5.41, 5.74) is 0. The molecule has 1 aliphatic rings. The second kappa shape index (κ2) is 5.96. The van der Waals surface area contributed by atoms with Crippen LogP contribution in [-0.2, 0) is 6.54 Å². The molecule has 0 radical (unpaired) electrons. The van der Waals surface area contributed by atoms with Crippen molar-refractivity contribution < 1.29 is 4.52 Å². The molecule has 5 heteroatoms. The number of nitrogens with zero attached hydrogens (tertiary/aromatic N) is 3. The van der Waals surface area contributed by atoms with Gasteiger partial charge in [0.25, 0.3) is 0 Å². The maximum atomic E-state index is 5.03. The maximum Gasteiger partial charge on any atom is 0.240 e. The summed E-state index contributed by atoms with van der Waals surface area (Å²) in [6.45, 7) is 6.16. The Kier molecular flexibility index (Phi) is 4.30. The molecular formula is C11H20N4O. The number of aromatic nitrogens is 2. The van der Waals surface area contributed by atoms with Crippen LogP contribution in [0.1, 0.15) is 32.1 Å². The van der Waals surface area contributed by atoms with Gasteiger partial charge in [-0.15, -0.1) is 0 Å². The Bertz CT molecular complexity index is 282. The quantitative estimate of drug-likeness (QED) is 0.809. The molecule has 0 aliphatic carbocycles. The fraction of sp³-hybridized carbons (Fsp3) is 0.818. The van der Waals surface area contributed by atoms with Crippen LogP contribution in [0.25, 0.3) is 0 Å². The predicted molar refractivity (Wildman–Crippen MR) is 60.9 cm³/mol. The number of likely N-dealkylation sites (N-methyl/N-ethyl adjacent to an activating group) is 1. The fourth-order valence-electron chi connectivity index (χ4n) is 2.15. The van der Waals surface area contributed by atoms with Crippen molar-refractivity contribution in [2.75, 3.05) is 19.6 Å². The molecule has 0 aromatic carbocycles. The van der Waals surface area contributed by atoms with E-state index in [0.717, 1.165) is 26.2 Å². The Balaban J connectivity index is 1.80. The molecule has 1 fully saturated rings. The summed E-state index contributed by atoms with van der Waals surface area (Å²) >= 11 is 0. The number of nitrogens with one attached hydrogen (secondary N) is 1. The molecular weight excluding hydrogens is 204 g/mol. The van der Waals surface area contributed by atoms with Crippen LogP contribution in [0, 0.1) is 0 Å². The normalized spacial score (nSPS) is 21.5. The van der Waals surface area contributed by atoms with Gasteiger partial charge in [-0.05, 0) is 25.9 Å². The van der Waals surface area contributed by atoms with E-state index in [2.05, 4.69) is 27.3 Å². The second-order valence-corrected chi connectivity index (χ2v) is 4.31. The van der Waals surface area contributed by atoms with Gasteiger partial charge in [0.1, 0.15) is 0 Å². The molecule has 2 rings (SSSR count). The van der Waals surface area contributed by atoms with E-state index in [4.69, 9.17) is 4.52 Å². The molecule has 90 valence electrons. The van der Waals surface area contributed by atoms with Crippen LogP contribution in [0.15, 0.2) is 10.9 Å². The third-order valence-corrected chi connectivity index (χ3v) is 3.10. The van der Waals surface area contributed by atoms with Crippen molar-refractivity contribution in [1.82, 2.24) is 20.4 Å². The van der Waals surface area contributed by atoms with Crippen molar-refractivity contribution in [3.05, 3.63) is 12.2 Å². The lowest BCUT2D eigenvalue weighted by molar-refractivity contribution is 0.201. The molecule has 0 spiro atoms. The van der Waals surface area contributed by atoms with Gasteiger partial charge >= 0.3 is 0 Å². The van der Waals surface area contributed by atoms with Crippen molar-refractivity contribution in [1.29, 1.82) is 0 Å². The van der Waals surface area contributed by atoms with E-state index in [-0.39, 0.29) is 0 Å². The first-order valence-electron chi connectivity index (χ1n) is 6.09. The summed E-state index contributed by atoms with van der Waals surface area (Å²) in [5, 5.41) is 7.18. The smallest absolute Gasteiger partial charge is 0.240 e. The minimum atomic E-state index is 0.622. The van der Waals surface area contributed by atoms with Crippen molar-refractivity contribution in [3.63, 3.8) is 0 Å². The van der Waals surface area contributed by atoms with Gasteiger partial charge in [0.15, 0.2) is 6.33 Å². The zero-order chi connectivity index (χ0) is 11.2. The van der Waals surface area contributed by atoms with Crippen LogP contribution in [0.2, 0.25) is 0 Å². The molecule has 2 heterocycles. The first kappa shape index (κ1) is 11.5. The van der Waals surface area contributed by atoms with E-state index in [1.54, 1.807) is 0 Å². The van der Waals surface area contributed by atoms with Crippen LogP contribution in [0.3, 0.4) is 0 Å². The molecule has 0 bridgehead atoms. The molecule has 1 unspecified atom stereocenters. The summed E-state index contributed by atoms with van der Waals surface area (Å²) < 4.78 is 5.03. The van der Waals surface area contributed by atoms with E-state index in [9.17, 15) is 0 Å². The van der Waals surface area contributed by atoms with Gasteiger partial charge in [-0.1, -0.05) is 18.5 Å². The molecule has 1 aromatic rings. The van der Waals surface area contributed by atoms with E-state index in [1.807, 2.05) is 0 Å². The van der Waals surface area contributed by atoms with Crippen LogP contribution in [-0.4, -0.2) is 40.7 Å². The highest BCUT2D eigenvalue weighted by Gasteiger charge is 2.16. The van der Waals surface area contributed by atoms with Crippen LogP contribution >= 0.6 is 0 Å². The summed E-state index contributed by atoms with van der Waals surface area (Å²) in [7, 11) is 0. The molecule has 1 aromatic heterocycles. The van der Waals surface area contributed by atoms with Crippen LogP contribution < -0.4 is 5.32 Å². The van der Waals surface area contributed by atoms with E-state index in [1.165, 1.54) is 25.6 Å². The van der Waals surface area contributed by atoms with Crippen molar-refractivity contribution in [2.45, 2.75) is 38.8 Å². The fourth-order valence-corrected chi connectivity index (χ4v) is 2.15. The molecule has 5 nitrogen and oxygen atoms in total. The van der Waals surface area contributed by atoms with Crippen molar-refractivity contribution in [2.24, 2.45) is 0 Å². The molecule has 1 atom stereocenters. The highest BCUT2D eigenvalue weighted by molar-refractivity contribution is 4.79. The molecule has 1 N–H and O–H groups in total. The van der Waals surface area contributed by atoms with E-state index >= 15 is 0 Å². The molecule has 0 saturated carbocycles. The van der Waals surface area contributed by atoms with Crippen molar-refractivity contribution in [3.8, 4) is 0 Å². The first-order chi connectivity index (χ1) is 7.88. The summed E-state index contributed by atoms with van der Waals surface area (Å²) in [5.74, 6) is 0.706. The molecule has 16 heavy (non-hydrogen) atoms. The third kappa shape index (κ3) is 3.28. The minimum Gasteiger partial charge on any atom is -0.338 e. The van der Waals surface area contributed by atoms with Gasteiger partial charge in [-0.3, -0.25) is 4.90 Å². The highest BCUT2D eigenvalue weighted by atomic mass is 16.5. The SMILES string of the molecule is CCN(Cc1ncno1)CC1CCCCN1. The second-order valence-electron chi connectivity index (χ2n) is 4.31. The van der Waals surface area contributed by atoms with Gasteiger partial charge in [0, 0.05) is 12.6 Å². The van der Waals surface area contributed by atoms with Gasteiger partial charge in [-0.2, -0.15) is 4.98 Å². The summed E-state index contributed by atoms with van der Waals surface area (Å²) in [4.78, 5) is 6.40. The molecule has 1 aliphatic heterocycles. The lowest BCUT2D eigenvalue weighted by Crippen LogP contribution is -2.43. The summed E-state index contributed by atoms with van der Waals surface area (Å²) in [6, 6.07) is 0.622. The Morgan fingerprint density at radius 1 is 1.56 bits per heavy atom. The lowest BCUT2D eigenvalue weighted by atomic mass is 10.0. The van der Waals surface area contributed by atoms with E-state index < -0.39 is 0 Å². The Labute approximate surface area is 96.2 Å². The van der Waals surface area contributed by atoms with Crippen LogP contribution in [0.5, 0.6) is 0 Å². The topological polar surface area (TPSA) is 54.2 Å². The summed E-state index contributed by atoms with van der Waals surface area (Å²) in [6.07, 6.45) is 5.39. The minimum absolute atomic E-state index is 0.622. The number of piperidine rings is 1. The monoisotopic (exact) mass is 224 g/mol.